The first-order chi connectivity index (χ1) is 10.5. The molecule has 0 aliphatic rings. The molecule has 0 unspecified atom stereocenters. The van der Waals surface area contributed by atoms with Crippen LogP contribution in [-0.2, 0) is 0 Å². The van der Waals surface area contributed by atoms with Crippen LogP contribution < -0.4 is 9.64 Å². The minimum atomic E-state index is -1.01. The number of anilines is 1. The number of halogens is 3. The molecule has 0 radical (unpaired) electrons. The lowest BCUT2D eigenvalue weighted by molar-refractivity contribution is 0.0985. The van der Waals surface area contributed by atoms with Gasteiger partial charge in [-0.25, -0.2) is 8.78 Å². The Hall–Kier alpha value is -2.14. The zero-order valence-electron chi connectivity index (χ0n) is 12.1. The second-order valence-electron chi connectivity index (χ2n) is 4.49. The highest BCUT2D eigenvalue weighted by atomic mass is 35.5. The highest BCUT2D eigenvalue weighted by Crippen LogP contribution is 2.27. The molecule has 0 heterocycles. The minimum absolute atomic E-state index is 0.251. The van der Waals surface area contributed by atoms with E-state index in [1.807, 2.05) is 0 Å². The van der Waals surface area contributed by atoms with Crippen LogP contribution in [0.25, 0.3) is 0 Å². The Bertz CT molecular complexity index is 707. The molecule has 0 spiro atoms. The fourth-order valence-corrected chi connectivity index (χ4v) is 2.26. The maximum atomic E-state index is 13.4. The number of ether oxygens (including phenoxy) is 1. The summed E-state index contributed by atoms with van der Waals surface area (Å²) in [4.78, 5) is 14.0. The van der Waals surface area contributed by atoms with Gasteiger partial charge >= 0.3 is 0 Å². The van der Waals surface area contributed by atoms with Crippen molar-refractivity contribution in [3.05, 3.63) is 58.6 Å². The molecule has 0 aliphatic heterocycles. The third-order valence-corrected chi connectivity index (χ3v) is 3.40. The van der Waals surface area contributed by atoms with Gasteiger partial charge in [-0.15, -0.1) is 0 Å². The summed E-state index contributed by atoms with van der Waals surface area (Å²) in [6.07, 6.45) is 0. The molecule has 22 heavy (non-hydrogen) atoms. The van der Waals surface area contributed by atoms with Crippen molar-refractivity contribution in [1.82, 2.24) is 0 Å². The number of rotatable bonds is 4. The molecule has 2 rings (SSSR count). The number of amides is 1. The average Bonchev–Trinajstić information content (AvgIpc) is 2.51. The highest BCUT2D eigenvalue weighted by Gasteiger charge is 2.21. The summed E-state index contributed by atoms with van der Waals surface area (Å²) in [5.41, 5.74) is 0.509. The lowest BCUT2D eigenvalue weighted by Crippen LogP contribution is -2.31. The molecule has 3 nitrogen and oxygen atoms in total. The van der Waals surface area contributed by atoms with Crippen molar-refractivity contribution in [2.45, 2.75) is 6.92 Å². The molecule has 0 saturated heterocycles. The van der Waals surface area contributed by atoms with Gasteiger partial charge in [0, 0.05) is 23.3 Å². The standard InChI is InChI=1S/C16H14ClF2NO2/c1-3-20(11-5-6-13(18)14(19)9-11)16(21)12-8-10(17)4-7-15(12)22-2/h4-9H,3H2,1-2H3. The van der Waals surface area contributed by atoms with Gasteiger partial charge in [0.2, 0.25) is 0 Å². The Morgan fingerprint density at radius 1 is 1.18 bits per heavy atom. The van der Waals surface area contributed by atoms with Gasteiger partial charge in [0.1, 0.15) is 5.75 Å². The fourth-order valence-electron chi connectivity index (χ4n) is 2.09. The van der Waals surface area contributed by atoms with Gasteiger partial charge in [0.05, 0.1) is 12.7 Å². The van der Waals surface area contributed by atoms with Gasteiger partial charge in [-0.05, 0) is 37.3 Å². The van der Waals surface area contributed by atoms with E-state index in [0.717, 1.165) is 12.1 Å². The van der Waals surface area contributed by atoms with Crippen molar-refractivity contribution in [2.75, 3.05) is 18.6 Å². The summed E-state index contributed by atoms with van der Waals surface area (Å²) in [7, 11) is 1.44. The zero-order chi connectivity index (χ0) is 16.3. The van der Waals surface area contributed by atoms with E-state index in [1.54, 1.807) is 19.1 Å². The van der Waals surface area contributed by atoms with Crippen LogP contribution in [0, 0.1) is 11.6 Å². The molecule has 0 aromatic heterocycles. The smallest absolute Gasteiger partial charge is 0.262 e. The number of nitrogens with zero attached hydrogens (tertiary/aromatic N) is 1. The first kappa shape index (κ1) is 16.2. The predicted octanol–water partition coefficient (Wildman–Crippen LogP) is 4.29. The number of benzene rings is 2. The van der Waals surface area contributed by atoms with Crippen molar-refractivity contribution in [3.63, 3.8) is 0 Å². The molecule has 0 bridgehead atoms. The molecule has 6 heteroatoms. The van der Waals surface area contributed by atoms with Crippen molar-refractivity contribution in [3.8, 4) is 5.75 Å². The lowest BCUT2D eigenvalue weighted by Gasteiger charge is -2.22. The highest BCUT2D eigenvalue weighted by molar-refractivity contribution is 6.31. The summed E-state index contributed by atoms with van der Waals surface area (Å²) in [5.74, 6) is -2.03. The summed E-state index contributed by atoms with van der Waals surface area (Å²) < 4.78 is 31.6. The third kappa shape index (κ3) is 3.20. The van der Waals surface area contributed by atoms with E-state index in [4.69, 9.17) is 16.3 Å². The van der Waals surface area contributed by atoms with Gasteiger partial charge in [-0.3, -0.25) is 4.79 Å². The van der Waals surface area contributed by atoms with Crippen LogP contribution in [-0.4, -0.2) is 19.6 Å². The monoisotopic (exact) mass is 325 g/mol. The van der Waals surface area contributed by atoms with E-state index in [9.17, 15) is 13.6 Å². The van der Waals surface area contributed by atoms with Crippen molar-refractivity contribution in [2.24, 2.45) is 0 Å². The summed E-state index contributed by atoms with van der Waals surface area (Å²) >= 11 is 5.92. The minimum Gasteiger partial charge on any atom is -0.496 e. The van der Waals surface area contributed by atoms with Crippen LogP contribution in [0.15, 0.2) is 36.4 Å². The van der Waals surface area contributed by atoms with Gasteiger partial charge < -0.3 is 9.64 Å². The second-order valence-corrected chi connectivity index (χ2v) is 4.93. The molecule has 2 aromatic rings. The normalized spacial score (nSPS) is 10.4. The Morgan fingerprint density at radius 2 is 1.91 bits per heavy atom. The van der Waals surface area contributed by atoms with E-state index in [-0.39, 0.29) is 17.8 Å². The zero-order valence-corrected chi connectivity index (χ0v) is 12.8. The third-order valence-electron chi connectivity index (χ3n) is 3.17. The maximum absolute atomic E-state index is 13.4. The number of hydrogen-bond acceptors (Lipinski definition) is 2. The van der Waals surface area contributed by atoms with Crippen molar-refractivity contribution < 1.29 is 18.3 Å². The van der Waals surface area contributed by atoms with Crippen molar-refractivity contribution >= 4 is 23.2 Å². The molecule has 2 aromatic carbocycles. The molecule has 0 fully saturated rings. The first-order valence-corrected chi connectivity index (χ1v) is 6.96. The van der Waals surface area contributed by atoms with Crippen LogP contribution in [0.4, 0.5) is 14.5 Å². The van der Waals surface area contributed by atoms with Crippen LogP contribution in [0.1, 0.15) is 17.3 Å². The van der Waals surface area contributed by atoms with E-state index < -0.39 is 17.5 Å². The van der Waals surface area contributed by atoms with Crippen LogP contribution in [0.3, 0.4) is 0 Å². The van der Waals surface area contributed by atoms with Crippen LogP contribution in [0.2, 0.25) is 5.02 Å². The molecule has 0 N–H and O–H groups in total. The molecular weight excluding hydrogens is 312 g/mol. The molecule has 0 saturated carbocycles. The lowest BCUT2D eigenvalue weighted by atomic mass is 10.1. The predicted molar refractivity (Wildman–Crippen MR) is 81.7 cm³/mol. The molecule has 0 atom stereocenters. The molecular formula is C16H14ClF2NO2. The SMILES string of the molecule is CCN(C(=O)c1cc(Cl)ccc1OC)c1ccc(F)c(F)c1. The van der Waals surface area contributed by atoms with Gasteiger partial charge in [0.15, 0.2) is 11.6 Å². The van der Waals surface area contributed by atoms with E-state index >= 15 is 0 Å². The average molecular weight is 326 g/mol. The molecule has 1 amide bonds. The van der Waals surface area contributed by atoms with Crippen molar-refractivity contribution in [1.29, 1.82) is 0 Å². The maximum Gasteiger partial charge on any atom is 0.262 e. The fraction of sp³-hybridized carbons (Fsp3) is 0.188. The number of hydrogen-bond donors (Lipinski definition) is 0. The molecule has 116 valence electrons. The van der Waals surface area contributed by atoms with E-state index in [0.29, 0.717) is 10.8 Å². The van der Waals surface area contributed by atoms with Crippen LogP contribution in [0.5, 0.6) is 5.75 Å². The Morgan fingerprint density at radius 3 is 2.50 bits per heavy atom. The Kier molecular flexibility index (Phi) is 4.98. The van der Waals surface area contributed by atoms with E-state index in [2.05, 4.69) is 0 Å². The van der Waals surface area contributed by atoms with E-state index in [1.165, 1.54) is 24.1 Å². The number of carbonyl (C=O) groups is 1. The number of methoxy groups -OCH3 is 1. The Balaban J connectivity index is 2.45. The largest absolute Gasteiger partial charge is 0.496 e. The second kappa shape index (κ2) is 6.75. The molecule has 0 aliphatic carbocycles. The first-order valence-electron chi connectivity index (χ1n) is 6.58. The number of carbonyl (C=O) groups excluding carboxylic acids is 1. The quantitative estimate of drug-likeness (QED) is 0.839. The summed E-state index contributed by atoms with van der Waals surface area (Å²) in [5, 5.41) is 0.380. The summed E-state index contributed by atoms with van der Waals surface area (Å²) in [6.45, 7) is 2.01. The van der Waals surface area contributed by atoms with Crippen LogP contribution >= 0.6 is 11.6 Å². The topological polar surface area (TPSA) is 29.5 Å². The Labute approximate surface area is 132 Å². The summed E-state index contributed by atoms with van der Waals surface area (Å²) in [6, 6.07) is 7.96. The van der Waals surface area contributed by atoms with Gasteiger partial charge in [0.25, 0.3) is 5.91 Å². The van der Waals surface area contributed by atoms with Gasteiger partial charge in [-0.1, -0.05) is 11.6 Å². The van der Waals surface area contributed by atoms with Gasteiger partial charge in [-0.2, -0.15) is 0 Å².